The lowest BCUT2D eigenvalue weighted by atomic mass is 9.99. The van der Waals surface area contributed by atoms with Crippen LogP contribution in [0.1, 0.15) is 23.5 Å². The van der Waals surface area contributed by atoms with E-state index in [0.29, 0.717) is 17.9 Å². The number of benzene rings is 1. The Morgan fingerprint density at radius 1 is 1.25 bits per heavy atom. The van der Waals surface area contributed by atoms with Crippen LogP contribution in [0.5, 0.6) is 0 Å². The van der Waals surface area contributed by atoms with Crippen LogP contribution in [0.4, 0.5) is 5.69 Å². The summed E-state index contributed by atoms with van der Waals surface area (Å²) in [6.45, 7) is 1.77. The topological polar surface area (TPSA) is 78.7 Å². The Labute approximate surface area is 116 Å². The summed E-state index contributed by atoms with van der Waals surface area (Å²) < 4.78 is 0. The first-order valence-electron chi connectivity index (χ1n) is 6.34. The molecule has 0 saturated heterocycles. The van der Waals surface area contributed by atoms with Crippen molar-refractivity contribution in [3.63, 3.8) is 0 Å². The molecule has 1 aliphatic rings. The van der Waals surface area contributed by atoms with E-state index in [1.165, 1.54) is 0 Å². The van der Waals surface area contributed by atoms with Gasteiger partial charge in [0.25, 0.3) is 0 Å². The number of rotatable bonds is 1. The van der Waals surface area contributed by atoms with E-state index >= 15 is 0 Å². The van der Waals surface area contributed by atoms with Crippen molar-refractivity contribution in [3.05, 3.63) is 41.3 Å². The first kappa shape index (κ1) is 12.3. The molecule has 5 nitrogen and oxygen atoms in total. The molecule has 5 heteroatoms. The molecular weight excluding hydrogens is 252 g/mol. The second-order valence-electron chi connectivity index (χ2n) is 4.72. The van der Waals surface area contributed by atoms with Crippen molar-refractivity contribution in [2.75, 3.05) is 5.32 Å². The average Bonchev–Trinajstić information content (AvgIpc) is 2.46. The van der Waals surface area contributed by atoms with Crippen molar-refractivity contribution in [3.8, 4) is 17.3 Å². The van der Waals surface area contributed by atoms with Gasteiger partial charge in [-0.05, 0) is 31.0 Å². The summed E-state index contributed by atoms with van der Waals surface area (Å²) in [4.78, 5) is 19.8. The van der Waals surface area contributed by atoms with E-state index < -0.39 is 0 Å². The fraction of sp³-hybridized carbons (Fsp3) is 0.200. The third-order valence-corrected chi connectivity index (χ3v) is 3.25. The van der Waals surface area contributed by atoms with Gasteiger partial charge in [0.2, 0.25) is 5.91 Å². The molecule has 0 atom stereocenters. The summed E-state index contributed by atoms with van der Waals surface area (Å²) in [5.74, 6) is 0.625. The molecule has 1 aromatic heterocycles. The summed E-state index contributed by atoms with van der Waals surface area (Å²) >= 11 is 0. The van der Waals surface area contributed by atoms with E-state index in [1.54, 1.807) is 13.0 Å². The standard InChI is InChI=1S/C15H12N4O/c1-9-17-12(8-16)7-14(18-9)11-2-4-13-10(6-11)3-5-15(20)19-13/h2,4,6-7H,3,5H2,1H3,(H,19,20). The van der Waals surface area contributed by atoms with E-state index in [1.807, 2.05) is 24.3 Å². The summed E-state index contributed by atoms with van der Waals surface area (Å²) in [6, 6.07) is 9.50. The number of anilines is 1. The Morgan fingerprint density at radius 2 is 2.10 bits per heavy atom. The molecule has 0 unspecified atom stereocenters. The van der Waals surface area contributed by atoms with E-state index in [2.05, 4.69) is 15.3 Å². The summed E-state index contributed by atoms with van der Waals surface area (Å²) in [6.07, 6.45) is 1.23. The number of aromatic nitrogens is 2. The van der Waals surface area contributed by atoms with Gasteiger partial charge >= 0.3 is 0 Å². The van der Waals surface area contributed by atoms with Crippen LogP contribution in [0, 0.1) is 18.3 Å². The Balaban J connectivity index is 2.05. The van der Waals surface area contributed by atoms with Crippen molar-refractivity contribution in [2.45, 2.75) is 19.8 Å². The van der Waals surface area contributed by atoms with E-state index in [9.17, 15) is 4.79 Å². The minimum absolute atomic E-state index is 0.0508. The summed E-state index contributed by atoms with van der Waals surface area (Å²) in [7, 11) is 0. The summed E-state index contributed by atoms with van der Waals surface area (Å²) in [5.41, 5.74) is 3.97. The van der Waals surface area contributed by atoms with Crippen LogP contribution in [-0.4, -0.2) is 15.9 Å². The summed E-state index contributed by atoms with van der Waals surface area (Å²) in [5, 5.41) is 11.8. The maximum Gasteiger partial charge on any atom is 0.224 e. The van der Waals surface area contributed by atoms with Gasteiger partial charge in [-0.15, -0.1) is 0 Å². The molecule has 1 aromatic carbocycles. The van der Waals surface area contributed by atoms with Gasteiger partial charge in [0.15, 0.2) is 0 Å². The molecule has 0 spiro atoms. The van der Waals surface area contributed by atoms with Gasteiger partial charge in [-0.3, -0.25) is 4.79 Å². The third-order valence-electron chi connectivity index (χ3n) is 3.25. The number of nitrogens with zero attached hydrogens (tertiary/aromatic N) is 3. The molecule has 2 heterocycles. The zero-order chi connectivity index (χ0) is 14.1. The highest BCUT2D eigenvalue weighted by molar-refractivity contribution is 5.94. The largest absolute Gasteiger partial charge is 0.326 e. The number of carbonyl (C=O) groups excluding carboxylic acids is 1. The van der Waals surface area contributed by atoms with Gasteiger partial charge in [-0.1, -0.05) is 6.07 Å². The SMILES string of the molecule is Cc1nc(C#N)cc(-c2ccc3c(c2)CCC(=O)N3)n1. The lowest BCUT2D eigenvalue weighted by Crippen LogP contribution is -2.18. The minimum atomic E-state index is 0.0508. The number of nitriles is 1. The lowest BCUT2D eigenvalue weighted by Gasteiger charge is -2.17. The maximum absolute atomic E-state index is 11.3. The average molecular weight is 264 g/mol. The molecule has 3 rings (SSSR count). The van der Waals surface area contributed by atoms with Crippen LogP contribution < -0.4 is 5.32 Å². The number of aryl methyl sites for hydroxylation is 2. The Morgan fingerprint density at radius 3 is 2.90 bits per heavy atom. The van der Waals surface area contributed by atoms with Gasteiger partial charge < -0.3 is 5.32 Å². The molecule has 0 aliphatic carbocycles. The smallest absolute Gasteiger partial charge is 0.224 e. The van der Waals surface area contributed by atoms with Crippen LogP contribution in [-0.2, 0) is 11.2 Å². The molecule has 2 aromatic rings. The molecule has 20 heavy (non-hydrogen) atoms. The second-order valence-corrected chi connectivity index (χ2v) is 4.72. The first-order valence-corrected chi connectivity index (χ1v) is 6.34. The number of nitrogens with one attached hydrogen (secondary N) is 1. The van der Waals surface area contributed by atoms with Crippen LogP contribution in [0.3, 0.4) is 0 Å². The van der Waals surface area contributed by atoms with Gasteiger partial charge in [-0.25, -0.2) is 9.97 Å². The fourth-order valence-electron chi connectivity index (χ4n) is 2.32. The first-order chi connectivity index (χ1) is 9.65. The maximum atomic E-state index is 11.3. The molecule has 0 radical (unpaired) electrons. The number of hydrogen-bond acceptors (Lipinski definition) is 4. The molecule has 98 valence electrons. The monoisotopic (exact) mass is 264 g/mol. The van der Waals surface area contributed by atoms with Crippen LogP contribution in [0.25, 0.3) is 11.3 Å². The minimum Gasteiger partial charge on any atom is -0.326 e. The van der Waals surface area contributed by atoms with Crippen molar-refractivity contribution in [1.29, 1.82) is 5.26 Å². The van der Waals surface area contributed by atoms with Gasteiger partial charge in [0.05, 0.1) is 5.69 Å². The third kappa shape index (κ3) is 2.24. The van der Waals surface area contributed by atoms with Crippen LogP contribution in [0.15, 0.2) is 24.3 Å². The number of amides is 1. The zero-order valence-electron chi connectivity index (χ0n) is 11.0. The highest BCUT2D eigenvalue weighted by atomic mass is 16.1. The van der Waals surface area contributed by atoms with Gasteiger partial charge in [0.1, 0.15) is 17.6 Å². The number of carbonyl (C=O) groups is 1. The van der Waals surface area contributed by atoms with Crippen molar-refractivity contribution in [2.24, 2.45) is 0 Å². The lowest BCUT2D eigenvalue weighted by molar-refractivity contribution is -0.116. The van der Waals surface area contributed by atoms with Gasteiger partial charge in [0, 0.05) is 23.7 Å². The Bertz CT molecular complexity index is 746. The Hall–Kier alpha value is -2.74. The zero-order valence-corrected chi connectivity index (χ0v) is 11.0. The fourth-order valence-corrected chi connectivity index (χ4v) is 2.32. The molecule has 1 N–H and O–H groups in total. The van der Waals surface area contributed by atoms with Gasteiger partial charge in [-0.2, -0.15) is 5.26 Å². The molecule has 1 amide bonds. The van der Waals surface area contributed by atoms with Crippen molar-refractivity contribution < 1.29 is 4.79 Å². The predicted octanol–water partition coefficient (Wildman–Crippen LogP) is 2.21. The Kier molecular flexibility index (Phi) is 2.92. The molecule has 0 bridgehead atoms. The second kappa shape index (κ2) is 4.74. The van der Waals surface area contributed by atoms with Crippen LogP contribution in [0.2, 0.25) is 0 Å². The van der Waals surface area contributed by atoms with E-state index in [4.69, 9.17) is 5.26 Å². The highest BCUT2D eigenvalue weighted by Crippen LogP contribution is 2.28. The quantitative estimate of drug-likeness (QED) is 0.856. The normalized spacial score (nSPS) is 13.3. The molecular formula is C15H12N4O. The number of fused-ring (bicyclic) bond motifs is 1. The highest BCUT2D eigenvalue weighted by Gasteiger charge is 2.15. The molecule has 0 fully saturated rings. The predicted molar refractivity (Wildman–Crippen MR) is 73.9 cm³/mol. The molecule has 1 aliphatic heterocycles. The van der Waals surface area contributed by atoms with Crippen molar-refractivity contribution >= 4 is 11.6 Å². The number of hydrogen-bond donors (Lipinski definition) is 1. The van der Waals surface area contributed by atoms with E-state index in [0.717, 1.165) is 28.9 Å². The molecule has 0 saturated carbocycles. The van der Waals surface area contributed by atoms with E-state index in [-0.39, 0.29) is 5.91 Å². The van der Waals surface area contributed by atoms with Crippen LogP contribution >= 0.6 is 0 Å². The van der Waals surface area contributed by atoms with Crippen molar-refractivity contribution in [1.82, 2.24) is 9.97 Å².